The summed E-state index contributed by atoms with van der Waals surface area (Å²) < 4.78 is 26.0. The van der Waals surface area contributed by atoms with Crippen molar-refractivity contribution >= 4 is 74.4 Å². The topological polar surface area (TPSA) is 244 Å². The fourth-order valence-electron chi connectivity index (χ4n) is 13.9. The maximum Gasteiger partial charge on any atom is 0.255 e. The lowest BCUT2D eigenvalue weighted by atomic mass is 9.92. The van der Waals surface area contributed by atoms with Crippen molar-refractivity contribution in [2.24, 2.45) is 5.92 Å². The number of aromatic nitrogens is 4. The first-order valence-corrected chi connectivity index (χ1v) is 32.5. The Labute approximate surface area is 552 Å². The van der Waals surface area contributed by atoms with Gasteiger partial charge in [0.15, 0.2) is 17.3 Å². The number of nitrogens with zero attached hydrogens (tertiary/aromatic N) is 7. The predicted octanol–water partition coefficient (Wildman–Crippen LogP) is 10.1. The van der Waals surface area contributed by atoms with E-state index in [9.17, 15) is 43.2 Å². The Morgan fingerprint density at radius 1 is 0.469 bits per heavy atom. The number of hydrogen-bond donors (Lipinski definition) is 0. The highest BCUT2D eigenvalue weighted by molar-refractivity contribution is 6.10. The minimum absolute atomic E-state index is 0.0410. The third kappa shape index (κ3) is 13.0. The number of Topliss-reactive ketones (excluding diaryl/α,β-unsaturated/α-hetero) is 6. The molecule has 0 radical (unpaired) electrons. The molecular formula is C76H67N7O13. The van der Waals surface area contributed by atoms with E-state index in [4.69, 9.17) is 18.9 Å². The molecule has 3 fully saturated rings. The standard InChI is InChI=1S/C28H24N4O4.C24H20N2O4.C24H23NO5/c33-20-12-13-25(26(34)14-20)31-16-22-21(28(31)35)4-3-7-27(22)36-17-19-10-8-18(9-11-19)15-32-24-6-2-1-5-23(24)29-30-32;27-17-8-9-21(22(28)11-17)26-13-19-18(24(26)29)5-3-7-23(19)30-14-15-10-16-4-1-2-6-20(16)25-12-15;26-17-8-9-20(21(27)11-17)25-12-19-18(24(25)28)5-3-7-23(19)30-14-15-10-16-4-1-2-6-22(16)29-13-15/h1-11,25H,12-17H2;1-7,10,12,21H,8-9,11,13-14H2;1-7,15,20H,8-14H2. The maximum atomic E-state index is 13.0. The van der Waals surface area contributed by atoms with Crippen LogP contribution < -0.4 is 18.9 Å². The summed E-state index contributed by atoms with van der Waals surface area (Å²) in [6, 6.07) is 48.7. The molecule has 16 rings (SSSR count). The molecule has 9 aromatic rings. The van der Waals surface area contributed by atoms with E-state index in [2.05, 4.69) is 21.4 Å². The zero-order valence-corrected chi connectivity index (χ0v) is 52.6. The summed E-state index contributed by atoms with van der Waals surface area (Å²) in [6.07, 6.45) is 4.67. The van der Waals surface area contributed by atoms with Crippen LogP contribution in [-0.4, -0.2) is 118 Å². The SMILES string of the molecule is O=C1CCC(N2Cc3c(OCC4COc5ccccc5C4)cccc3C2=O)C(=O)C1.O=C1CCC(N2Cc3c(OCc4ccc(Cn5nnc6ccccc65)cc4)cccc3C2=O)C(=O)C1.O=C1CCC(N2Cc3c(OCc4cnc5ccccc5c4)cccc3C2=O)C(=O)C1. The highest BCUT2D eigenvalue weighted by atomic mass is 16.5. The minimum Gasteiger partial charge on any atom is -0.493 e. The summed E-state index contributed by atoms with van der Waals surface area (Å²) in [5.74, 6) is 1.99. The average Bonchev–Trinajstić information content (AvgIpc) is 1.64. The second kappa shape index (κ2) is 27.1. The second-order valence-corrected chi connectivity index (χ2v) is 25.3. The molecule has 3 amide bonds. The van der Waals surface area contributed by atoms with Crippen molar-refractivity contribution in [3.05, 3.63) is 220 Å². The van der Waals surface area contributed by atoms with Crippen LogP contribution in [0, 0.1) is 5.92 Å². The Kier molecular flexibility index (Phi) is 17.6. The van der Waals surface area contributed by atoms with E-state index < -0.39 is 18.1 Å². The van der Waals surface area contributed by atoms with Crippen LogP contribution in [0.25, 0.3) is 21.9 Å². The molecule has 0 saturated heterocycles. The number of carbonyl (C=O) groups is 9. The Morgan fingerprint density at radius 2 is 0.948 bits per heavy atom. The Hall–Kier alpha value is -11.0. The summed E-state index contributed by atoms with van der Waals surface area (Å²) in [4.78, 5) is 120. The zero-order valence-electron chi connectivity index (χ0n) is 52.6. The fourth-order valence-corrected chi connectivity index (χ4v) is 13.9. The van der Waals surface area contributed by atoms with E-state index in [1.165, 1.54) is 5.56 Å². The van der Waals surface area contributed by atoms with Gasteiger partial charge in [-0.25, -0.2) is 4.68 Å². The van der Waals surface area contributed by atoms with Gasteiger partial charge in [-0.15, -0.1) is 5.10 Å². The number of rotatable bonds is 14. The number of amides is 3. The molecule has 96 heavy (non-hydrogen) atoms. The van der Waals surface area contributed by atoms with Gasteiger partial charge >= 0.3 is 0 Å². The van der Waals surface area contributed by atoms with Gasteiger partial charge in [-0.3, -0.25) is 48.1 Å². The van der Waals surface area contributed by atoms with Crippen molar-refractivity contribution in [1.29, 1.82) is 0 Å². The number of benzene rings is 7. The normalized spacial score (nSPS) is 19.7. The highest BCUT2D eigenvalue weighted by Gasteiger charge is 2.43. The van der Waals surface area contributed by atoms with E-state index in [1.807, 2.05) is 126 Å². The quantitative estimate of drug-likeness (QED) is 0.0919. The third-order valence-electron chi connectivity index (χ3n) is 18.9. The molecule has 20 nitrogen and oxygen atoms in total. The van der Waals surface area contributed by atoms with Crippen LogP contribution >= 0.6 is 0 Å². The van der Waals surface area contributed by atoms with Crippen LogP contribution in [0.5, 0.6) is 23.0 Å². The van der Waals surface area contributed by atoms with Crippen molar-refractivity contribution in [3.8, 4) is 23.0 Å². The van der Waals surface area contributed by atoms with Gasteiger partial charge in [0.1, 0.15) is 59.1 Å². The molecule has 7 aliphatic rings. The number of para-hydroxylation sites is 3. The van der Waals surface area contributed by atoms with Gasteiger partial charge in [-0.05, 0) is 109 Å². The summed E-state index contributed by atoms with van der Waals surface area (Å²) >= 11 is 0. The van der Waals surface area contributed by atoms with Crippen LogP contribution in [-0.2, 0) is 74.6 Å². The van der Waals surface area contributed by atoms with Crippen molar-refractivity contribution in [2.75, 3.05) is 13.2 Å². The summed E-state index contributed by atoms with van der Waals surface area (Å²) in [5, 5.41) is 9.50. The van der Waals surface area contributed by atoms with Gasteiger partial charge < -0.3 is 33.6 Å². The van der Waals surface area contributed by atoms with Crippen LogP contribution in [0.2, 0.25) is 0 Å². The maximum absolute atomic E-state index is 13.0. The van der Waals surface area contributed by atoms with Crippen molar-refractivity contribution < 1.29 is 62.1 Å². The molecule has 6 heterocycles. The number of ether oxygens (including phenoxy) is 4. The molecule has 0 N–H and O–H groups in total. The molecule has 2 aromatic heterocycles. The molecule has 4 atom stereocenters. The summed E-state index contributed by atoms with van der Waals surface area (Å²) in [5.41, 5.74) is 11.1. The number of fused-ring (bicyclic) bond motifs is 6. The average molecular weight is 1290 g/mol. The molecule has 20 heteroatoms. The molecule has 484 valence electrons. The molecule has 4 unspecified atom stereocenters. The molecule has 3 aliphatic carbocycles. The molecule has 7 aromatic carbocycles. The molecular weight excluding hydrogens is 1220 g/mol. The van der Waals surface area contributed by atoms with Crippen molar-refractivity contribution in [3.63, 3.8) is 0 Å². The van der Waals surface area contributed by atoms with E-state index in [1.54, 1.807) is 51.2 Å². The van der Waals surface area contributed by atoms with Gasteiger partial charge in [0.05, 0.1) is 87.8 Å². The van der Waals surface area contributed by atoms with E-state index in [-0.39, 0.29) is 77.6 Å². The van der Waals surface area contributed by atoms with Crippen LogP contribution in [0.1, 0.15) is 128 Å². The molecule has 4 aliphatic heterocycles. The van der Waals surface area contributed by atoms with Gasteiger partial charge in [0, 0.05) is 75.7 Å². The number of carbonyl (C=O) groups excluding carboxylic acids is 9. The first-order chi connectivity index (χ1) is 46.8. The van der Waals surface area contributed by atoms with Gasteiger partial charge in [0.25, 0.3) is 17.7 Å². The van der Waals surface area contributed by atoms with Crippen LogP contribution in [0.4, 0.5) is 0 Å². The van der Waals surface area contributed by atoms with Gasteiger partial charge in [-0.2, -0.15) is 0 Å². The Morgan fingerprint density at radius 3 is 1.50 bits per heavy atom. The lowest BCUT2D eigenvalue weighted by Crippen LogP contribution is -2.44. The molecule has 3 saturated carbocycles. The Balaban J connectivity index is 0.000000125. The van der Waals surface area contributed by atoms with E-state index in [0.717, 1.165) is 67.5 Å². The lowest BCUT2D eigenvalue weighted by molar-refractivity contribution is -0.134. The lowest BCUT2D eigenvalue weighted by Gasteiger charge is -2.29. The third-order valence-corrected chi connectivity index (χ3v) is 18.9. The van der Waals surface area contributed by atoms with E-state index in [0.29, 0.717) is 125 Å². The summed E-state index contributed by atoms with van der Waals surface area (Å²) in [7, 11) is 0. The Bertz CT molecular complexity index is 4620. The number of pyridine rings is 1. The van der Waals surface area contributed by atoms with Crippen molar-refractivity contribution in [1.82, 2.24) is 34.7 Å². The van der Waals surface area contributed by atoms with Crippen LogP contribution in [0.3, 0.4) is 0 Å². The summed E-state index contributed by atoms with van der Waals surface area (Å²) in [6.45, 7) is 3.39. The van der Waals surface area contributed by atoms with Gasteiger partial charge in [0.2, 0.25) is 0 Å². The van der Waals surface area contributed by atoms with Crippen molar-refractivity contribution in [2.45, 2.75) is 122 Å². The highest BCUT2D eigenvalue weighted by Crippen LogP contribution is 2.39. The fraction of sp³-hybridized carbons (Fsp3) is 0.289. The van der Waals surface area contributed by atoms with E-state index >= 15 is 0 Å². The largest absolute Gasteiger partial charge is 0.493 e. The first-order valence-electron chi connectivity index (χ1n) is 32.5. The number of ketones is 6. The predicted molar refractivity (Wildman–Crippen MR) is 350 cm³/mol. The monoisotopic (exact) mass is 1290 g/mol. The van der Waals surface area contributed by atoms with Gasteiger partial charge in [-0.1, -0.05) is 96.2 Å². The zero-order chi connectivity index (χ0) is 66.0. The molecule has 0 spiro atoms. The molecule has 0 bridgehead atoms. The minimum atomic E-state index is -0.537. The van der Waals surface area contributed by atoms with Crippen LogP contribution in [0.15, 0.2) is 164 Å². The number of hydrogen-bond acceptors (Lipinski definition) is 16. The second-order valence-electron chi connectivity index (χ2n) is 25.3. The smallest absolute Gasteiger partial charge is 0.255 e. The first kappa shape index (κ1) is 62.4.